The third-order valence-corrected chi connectivity index (χ3v) is 15.8. The molecule has 3 aromatic heterocycles. The SMILES string of the molecule is CCc1cc(Nc2ncc(Br)c(Nc3ccc4nc(C)c(F)cc4c3P(C)(C)=O)n2)c(OC)cc1N1CCC2(CCN(CCc3cccc4c3oc(=O)n4C3CCC(=O)NC3=O)CC2)CC1. The second-order valence-corrected chi connectivity index (χ2v) is 22.2. The van der Waals surface area contributed by atoms with Gasteiger partial charge in [0.2, 0.25) is 17.8 Å². The fraction of sp³-hybridized carbons (Fsp3) is 0.417. The van der Waals surface area contributed by atoms with Crippen LogP contribution in [0.15, 0.2) is 68.4 Å². The number of carbonyl (C=O) groups excluding carboxylic acids is 2. The summed E-state index contributed by atoms with van der Waals surface area (Å²) in [6.07, 6.45) is 8.06. The van der Waals surface area contributed by atoms with Crippen LogP contribution in [-0.2, 0) is 27.0 Å². The molecule has 0 bridgehead atoms. The Bertz CT molecular complexity index is 2990. The third kappa shape index (κ3) is 8.96. The van der Waals surface area contributed by atoms with Gasteiger partial charge in [0.05, 0.1) is 39.7 Å². The summed E-state index contributed by atoms with van der Waals surface area (Å²) in [7, 11) is -1.26. The Labute approximate surface area is 390 Å². The summed E-state index contributed by atoms with van der Waals surface area (Å²) in [5.41, 5.74) is 6.76. The number of hydrogen-bond donors (Lipinski definition) is 3. The van der Waals surface area contributed by atoms with E-state index in [1.54, 1.807) is 51.8 Å². The molecule has 0 radical (unpaired) electrons. The number of amides is 2. The molecule has 3 aromatic carbocycles. The second-order valence-electron chi connectivity index (χ2n) is 18.2. The van der Waals surface area contributed by atoms with Gasteiger partial charge in [-0.05, 0) is 141 Å². The van der Waals surface area contributed by atoms with Crippen molar-refractivity contribution in [3.8, 4) is 5.75 Å². The standard InChI is InChI=1S/C48H54BrFN9O6P/c1-6-29-24-36(54-46-51-27-32(49)44(56-46)53-35-11-10-34-31(43(35)66(4,5)63)25-33(50)28(2)52-34)40(64-3)26-39(29)58-22-17-48(18-23-58)15-20-57(21-16-48)19-14-30-8-7-9-37-42(30)65-47(62)59(37)38-12-13-41(60)55-45(38)61/h7-11,24-27,38H,6,12-23H2,1-5H3,(H,55,60,61)(H2,51,53,54,56). The summed E-state index contributed by atoms with van der Waals surface area (Å²) in [4.78, 5) is 56.0. The van der Waals surface area contributed by atoms with E-state index in [0.29, 0.717) is 61.4 Å². The maximum Gasteiger partial charge on any atom is 0.420 e. The Kier molecular flexibility index (Phi) is 12.6. The molecule has 0 aliphatic carbocycles. The van der Waals surface area contributed by atoms with Crippen molar-refractivity contribution in [2.45, 2.75) is 71.3 Å². The van der Waals surface area contributed by atoms with Gasteiger partial charge in [-0.2, -0.15) is 4.98 Å². The van der Waals surface area contributed by atoms with Gasteiger partial charge in [0, 0.05) is 54.7 Å². The maximum atomic E-state index is 14.7. The second kappa shape index (κ2) is 18.2. The summed E-state index contributed by atoms with van der Waals surface area (Å²) in [6, 6.07) is 14.1. The number of ether oxygens (including phenoxy) is 1. The zero-order valence-electron chi connectivity index (χ0n) is 37.8. The fourth-order valence-corrected chi connectivity index (χ4v) is 11.8. The molecule has 18 heteroatoms. The molecule has 1 atom stereocenters. The summed E-state index contributed by atoms with van der Waals surface area (Å²) in [6.45, 7) is 11.8. The van der Waals surface area contributed by atoms with Crippen molar-refractivity contribution in [3.05, 3.63) is 92.4 Å². The van der Waals surface area contributed by atoms with E-state index in [0.717, 1.165) is 81.8 Å². The number of hydrogen-bond acceptors (Lipinski definition) is 13. The minimum absolute atomic E-state index is 0.182. The predicted octanol–water partition coefficient (Wildman–Crippen LogP) is 8.35. The van der Waals surface area contributed by atoms with Crippen LogP contribution >= 0.6 is 23.1 Å². The van der Waals surface area contributed by atoms with Crippen LogP contribution in [0.25, 0.3) is 22.0 Å². The number of nitrogens with one attached hydrogen (secondary N) is 3. The molecule has 6 aromatic rings. The average molecular weight is 983 g/mol. The lowest BCUT2D eigenvalue weighted by molar-refractivity contribution is -0.135. The van der Waals surface area contributed by atoms with Crippen molar-refractivity contribution >= 4 is 91.0 Å². The largest absolute Gasteiger partial charge is 0.494 e. The van der Waals surface area contributed by atoms with Crippen LogP contribution in [-0.4, -0.2) is 89.4 Å². The molecular formula is C48H54BrFN9O6P. The Morgan fingerprint density at radius 3 is 2.45 bits per heavy atom. The molecule has 66 heavy (non-hydrogen) atoms. The van der Waals surface area contributed by atoms with E-state index in [1.807, 2.05) is 12.1 Å². The molecule has 3 aliphatic rings. The van der Waals surface area contributed by atoms with Crippen molar-refractivity contribution in [1.29, 1.82) is 0 Å². The van der Waals surface area contributed by atoms with Crippen LogP contribution in [0.5, 0.6) is 5.75 Å². The van der Waals surface area contributed by atoms with Gasteiger partial charge < -0.3 is 34.2 Å². The summed E-state index contributed by atoms with van der Waals surface area (Å²) < 4.78 is 42.1. The van der Waals surface area contributed by atoms with Gasteiger partial charge in [-0.15, -0.1) is 0 Å². The van der Waals surface area contributed by atoms with Crippen LogP contribution in [0.2, 0.25) is 0 Å². The minimum Gasteiger partial charge on any atom is -0.494 e. The summed E-state index contributed by atoms with van der Waals surface area (Å²) in [5, 5.41) is 10.0. The number of carbonyl (C=O) groups is 2. The molecule has 2 amide bonds. The lowest BCUT2D eigenvalue weighted by Crippen LogP contribution is -2.47. The molecule has 9 rings (SSSR count). The lowest BCUT2D eigenvalue weighted by Gasteiger charge is -2.47. The average Bonchev–Trinajstić information content (AvgIpc) is 3.63. The van der Waals surface area contributed by atoms with E-state index in [9.17, 15) is 23.3 Å². The molecule has 346 valence electrons. The van der Waals surface area contributed by atoms with Crippen LogP contribution in [0.3, 0.4) is 0 Å². The Morgan fingerprint density at radius 2 is 1.74 bits per heavy atom. The van der Waals surface area contributed by atoms with Crippen LogP contribution in [0, 0.1) is 18.2 Å². The number of benzene rings is 3. The molecule has 6 heterocycles. The third-order valence-electron chi connectivity index (χ3n) is 13.7. The highest BCUT2D eigenvalue weighted by atomic mass is 79.9. The number of nitrogens with zero attached hydrogens (tertiary/aromatic N) is 6. The van der Waals surface area contributed by atoms with Crippen LogP contribution < -0.4 is 36.6 Å². The monoisotopic (exact) mass is 981 g/mol. The molecule has 3 saturated heterocycles. The van der Waals surface area contributed by atoms with Crippen LogP contribution in [0.4, 0.5) is 33.2 Å². The number of imide groups is 1. The number of aryl methyl sites for hydroxylation is 2. The number of rotatable bonds is 12. The van der Waals surface area contributed by atoms with Gasteiger partial charge in [-0.1, -0.05) is 19.1 Å². The number of fused-ring (bicyclic) bond motifs is 2. The highest BCUT2D eigenvalue weighted by Crippen LogP contribution is 2.45. The fourth-order valence-electron chi connectivity index (χ4n) is 9.99. The van der Waals surface area contributed by atoms with Crippen LogP contribution in [0.1, 0.15) is 68.3 Å². The molecule has 1 unspecified atom stereocenters. The molecule has 3 aliphatic heterocycles. The molecule has 1 spiro atoms. The first-order valence-corrected chi connectivity index (χ1v) is 25.9. The number of para-hydroxylation sites is 1. The van der Waals surface area contributed by atoms with Gasteiger partial charge in [-0.25, -0.2) is 14.2 Å². The first-order chi connectivity index (χ1) is 31.6. The van der Waals surface area contributed by atoms with Gasteiger partial charge in [0.15, 0.2) is 5.58 Å². The number of oxazole rings is 1. The van der Waals surface area contributed by atoms with E-state index < -0.39 is 30.7 Å². The molecule has 15 nitrogen and oxygen atoms in total. The Morgan fingerprint density at radius 1 is 0.985 bits per heavy atom. The van der Waals surface area contributed by atoms with Crippen molar-refractivity contribution in [3.63, 3.8) is 0 Å². The number of halogens is 2. The summed E-state index contributed by atoms with van der Waals surface area (Å²) >= 11 is 3.57. The smallest absolute Gasteiger partial charge is 0.420 e. The topological polar surface area (TPSA) is 177 Å². The van der Waals surface area contributed by atoms with Gasteiger partial charge in [0.25, 0.3) is 0 Å². The van der Waals surface area contributed by atoms with E-state index in [-0.39, 0.29) is 29.9 Å². The van der Waals surface area contributed by atoms with Crippen molar-refractivity contribution in [1.82, 2.24) is 29.7 Å². The highest BCUT2D eigenvalue weighted by molar-refractivity contribution is 9.10. The number of likely N-dealkylation sites (tertiary alicyclic amines) is 1. The molecule has 3 N–H and O–H groups in total. The number of methoxy groups -OCH3 is 1. The van der Waals surface area contributed by atoms with Gasteiger partial charge in [-0.3, -0.25) is 24.5 Å². The maximum absolute atomic E-state index is 14.7. The van der Waals surface area contributed by atoms with E-state index in [1.165, 1.54) is 16.2 Å². The zero-order valence-corrected chi connectivity index (χ0v) is 40.3. The first kappa shape index (κ1) is 45.5. The minimum atomic E-state index is -2.92. The van der Waals surface area contributed by atoms with Gasteiger partial charge in [0.1, 0.15) is 30.6 Å². The highest BCUT2D eigenvalue weighted by Gasteiger charge is 2.38. The Balaban J connectivity index is 0.842. The van der Waals surface area contributed by atoms with Crippen molar-refractivity contribution in [2.24, 2.45) is 5.41 Å². The van der Waals surface area contributed by atoms with E-state index in [4.69, 9.17) is 14.1 Å². The molecular weight excluding hydrogens is 928 g/mol. The first-order valence-electron chi connectivity index (χ1n) is 22.5. The Hall–Kier alpha value is -5.64. The molecule has 3 fully saturated rings. The normalized spacial score (nSPS) is 18.0. The predicted molar refractivity (Wildman–Crippen MR) is 259 cm³/mol. The van der Waals surface area contributed by atoms with Crippen molar-refractivity contribution in [2.75, 3.05) is 68.7 Å². The zero-order chi connectivity index (χ0) is 46.5. The molecule has 0 saturated carbocycles. The van der Waals surface area contributed by atoms with E-state index >= 15 is 0 Å². The van der Waals surface area contributed by atoms with Gasteiger partial charge >= 0.3 is 5.76 Å². The number of pyridine rings is 1. The lowest BCUT2D eigenvalue weighted by atomic mass is 9.71. The number of anilines is 5. The quantitative estimate of drug-likeness (QED) is 0.0789. The summed E-state index contributed by atoms with van der Waals surface area (Å²) in [5.74, 6) is -0.405. The number of piperidine rings is 3. The number of aromatic nitrogens is 4. The van der Waals surface area contributed by atoms with Crippen molar-refractivity contribution < 1.29 is 27.7 Å². The van der Waals surface area contributed by atoms with E-state index in [2.05, 4.69) is 70.7 Å².